The maximum atomic E-state index is 10.9. The van der Waals surface area contributed by atoms with E-state index >= 15 is 0 Å². The molecule has 0 bridgehead atoms. The molecule has 0 saturated heterocycles. The molecule has 4 nitrogen and oxygen atoms in total. The Morgan fingerprint density at radius 3 is 1.50 bits per heavy atom. The van der Waals surface area contributed by atoms with Crippen LogP contribution >= 0.6 is 0 Å². The smallest absolute Gasteiger partial charge is 0.545 e. The summed E-state index contributed by atoms with van der Waals surface area (Å²) in [6.07, 6.45) is 0. The molecule has 0 aliphatic carbocycles. The molecule has 0 amide bonds. The van der Waals surface area contributed by atoms with Gasteiger partial charge in [0.2, 0.25) is 0 Å². The zero-order valence-electron chi connectivity index (χ0n) is 10.1. The second kappa shape index (κ2) is 8.26. The van der Waals surface area contributed by atoms with Crippen LogP contribution in [-0.2, 0) is 0 Å². The number of hydrogen-bond donors (Lipinski definition) is 0. The molecule has 0 radical (unpaired) electrons. The Morgan fingerprint density at radius 2 is 1.17 bits per heavy atom. The molecule has 0 heterocycles. The molecule has 0 aromatic heterocycles. The van der Waals surface area contributed by atoms with Crippen LogP contribution in [0.3, 0.4) is 0 Å². The second-order valence-electron chi connectivity index (χ2n) is 3.28. The van der Waals surface area contributed by atoms with Gasteiger partial charge in [0.15, 0.2) is 0 Å². The number of carbonyl (C=O) groups is 2. The van der Waals surface area contributed by atoms with Gasteiger partial charge in [0.25, 0.3) is 0 Å². The summed E-state index contributed by atoms with van der Waals surface area (Å²) in [6.45, 7) is 0. The summed E-state index contributed by atoms with van der Waals surface area (Å²) in [5.74, 6) is -2.81. The van der Waals surface area contributed by atoms with E-state index in [0.29, 0.717) is 5.39 Å². The normalized spacial score (nSPS) is 9.11. The van der Waals surface area contributed by atoms with Gasteiger partial charge in [0.05, 0.1) is 11.9 Å². The maximum absolute atomic E-state index is 10.9. The monoisotopic (exact) mass is 292 g/mol. The van der Waals surface area contributed by atoms with E-state index in [0.717, 1.165) is 0 Å². The van der Waals surface area contributed by atoms with E-state index < -0.39 is 11.9 Å². The minimum atomic E-state index is -1.40. The number of fused-ring (bicyclic) bond motifs is 1. The molecule has 80 valence electrons. The summed E-state index contributed by atoms with van der Waals surface area (Å²) < 4.78 is 0. The van der Waals surface area contributed by atoms with E-state index in [1.165, 1.54) is 24.3 Å². The molecule has 2 rings (SSSR count). The van der Waals surface area contributed by atoms with Gasteiger partial charge < -0.3 is 19.8 Å². The molecule has 0 fully saturated rings. The third-order valence-electron chi connectivity index (χ3n) is 2.34. The van der Waals surface area contributed by atoms with E-state index in [1.807, 2.05) is 0 Å². The standard InChI is InChI=1S/C12H8O4.2K/c13-11(14)8-5-1-3-7-4-2-6-9(10(7)8)12(15)16;;/h1-6H,(H,13,14)(H,15,16);;/q;2*+1/p-2. The van der Waals surface area contributed by atoms with Gasteiger partial charge in [0, 0.05) is 11.1 Å². The summed E-state index contributed by atoms with van der Waals surface area (Å²) in [5, 5.41) is 22.4. The predicted octanol–water partition coefficient (Wildman–Crippen LogP) is -6.43. The van der Waals surface area contributed by atoms with E-state index in [2.05, 4.69) is 0 Å². The van der Waals surface area contributed by atoms with Crippen LogP contribution < -0.4 is 113 Å². The minimum absolute atomic E-state index is 0. The molecule has 0 atom stereocenters. The van der Waals surface area contributed by atoms with Gasteiger partial charge in [-0.3, -0.25) is 0 Å². The van der Waals surface area contributed by atoms with Gasteiger partial charge in [-0.1, -0.05) is 36.4 Å². The van der Waals surface area contributed by atoms with Crippen LogP contribution in [-0.4, -0.2) is 11.9 Å². The van der Waals surface area contributed by atoms with Crippen LogP contribution in [0.5, 0.6) is 0 Å². The zero-order chi connectivity index (χ0) is 11.7. The largest absolute Gasteiger partial charge is 1.00 e. The number of rotatable bonds is 2. The molecular formula is C12H6K2O4. The van der Waals surface area contributed by atoms with Crippen molar-refractivity contribution in [1.82, 2.24) is 0 Å². The van der Waals surface area contributed by atoms with Crippen molar-refractivity contribution in [2.45, 2.75) is 0 Å². The number of carbonyl (C=O) groups excluding carboxylic acids is 2. The molecule has 18 heavy (non-hydrogen) atoms. The Hall–Kier alpha value is 0.913. The van der Waals surface area contributed by atoms with Crippen molar-refractivity contribution in [2.24, 2.45) is 0 Å². The van der Waals surface area contributed by atoms with Gasteiger partial charge in [-0.15, -0.1) is 0 Å². The third-order valence-corrected chi connectivity index (χ3v) is 2.34. The number of carboxylic acids is 2. The fraction of sp³-hybridized carbons (Fsp3) is 0. The Kier molecular flexibility index (Phi) is 8.67. The fourth-order valence-electron chi connectivity index (χ4n) is 1.68. The van der Waals surface area contributed by atoms with Crippen LogP contribution in [0.15, 0.2) is 36.4 Å². The van der Waals surface area contributed by atoms with Crippen molar-refractivity contribution in [3.63, 3.8) is 0 Å². The number of aromatic carboxylic acids is 2. The molecule has 0 N–H and O–H groups in total. The molecule has 0 spiro atoms. The van der Waals surface area contributed by atoms with Gasteiger partial charge in [-0.2, -0.15) is 0 Å². The van der Waals surface area contributed by atoms with Gasteiger partial charge in [0.1, 0.15) is 0 Å². The molecule has 0 saturated carbocycles. The average Bonchev–Trinajstić information content (AvgIpc) is 2.27. The van der Waals surface area contributed by atoms with E-state index in [-0.39, 0.29) is 119 Å². The SMILES string of the molecule is O=C([O-])c1cccc2cccc(C(=O)[O-])c12.[K+].[K+]. The molecule has 0 aliphatic heterocycles. The number of hydrogen-bond acceptors (Lipinski definition) is 4. The van der Waals surface area contributed by atoms with Crippen LogP contribution in [0.1, 0.15) is 20.7 Å². The third kappa shape index (κ3) is 3.95. The molecule has 6 heteroatoms. The molecular weight excluding hydrogens is 286 g/mol. The average molecular weight is 292 g/mol. The van der Waals surface area contributed by atoms with Crippen molar-refractivity contribution in [3.8, 4) is 0 Å². The summed E-state index contributed by atoms with van der Waals surface area (Å²) in [6, 6.07) is 8.95. The minimum Gasteiger partial charge on any atom is -0.545 e. The summed E-state index contributed by atoms with van der Waals surface area (Å²) in [4.78, 5) is 21.7. The number of carboxylic acid groups (broad SMARTS) is 2. The van der Waals surface area contributed by atoms with Crippen molar-refractivity contribution in [3.05, 3.63) is 47.5 Å². The van der Waals surface area contributed by atoms with Crippen LogP contribution in [0.4, 0.5) is 0 Å². The van der Waals surface area contributed by atoms with Gasteiger partial charge >= 0.3 is 103 Å². The van der Waals surface area contributed by atoms with Crippen LogP contribution in [0, 0.1) is 0 Å². The first-order valence-electron chi connectivity index (χ1n) is 4.55. The first-order valence-corrected chi connectivity index (χ1v) is 4.55. The first kappa shape index (κ1) is 18.9. The van der Waals surface area contributed by atoms with E-state index in [4.69, 9.17) is 0 Å². The molecule has 0 aliphatic rings. The van der Waals surface area contributed by atoms with Gasteiger partial charge in [-0.25, -0.2) is 0 Å². The van der Waals surface area contributed by atoms with E-state index in [1.54, 1.807) is 12.1 Å². The maximum Gasteiger partial charge on any atom is 1.00 e. The Bertz CT molecular complexity index is 547. The Labute approximate surface area is 189 Å². The first-order chi connectivity index (χ1) is 7.61. The summed E-state index contributed by atoms with van der Waals surface area (Å²) in [7, 11) is 0. The summed E-state index contributed by atoms with van der Waals surface area (Å²) in [5.41, 5.74) is -0.283. The Morgan fingerprint density at radius 1 is 0.778 bits per heavy atom. The van der Waals surface area contributed by atoms with Crippen molar-refractivity contribution in [2.75, 3.05) is 0 Å². The van der Waals surface area contributed by atoms with Crippen LogP contribution in [0.25, 0.3) is 10.8 Å². The van der Waals surface area contributed by atoms with Crippen molar-refractivity contribution in [1.29, 1.82) is 0 Å². The van der Waals surface area contributed by atoms with Crippen molar-refractivity contribution < 1.29 is 123 Å². The predicted molar refractivity (Wildman–Crippen MR) is 52.6 cm³/mol. The zero-order valence-corrected chi connectivity index (χ0v) is 16.3. The second-order valence-corrected chi connectivity index (χ2v) is 3.28. The van der Waals surface area contributed by atoms with Gasteiger partial charge in [-0.05, 0) is 10.8 Å². The fourth-order valence-corrected chi connectivity index (χ4v) is 1.68. The summed E-state index contributed by atoms with van der Waals surface area (Å²) >= 11 is 0. The Balaban J connectivity index is 0.00000144. The quantitative estimate of drug-likeness (QED) is 0.516. The van der Waals surface area contributed by atoms with E-state index in [9.17, 15) is 19.8 Å². The van der Waals surface area contributed by atoms with Crippen molar-refractivity contribution >= 4 is 22.7 Å². The molecule has 0 unspecified atom stereocenters. The molecule has 2 aromatic rings. The van der Waals surface area contributed by atoms with Crippen LogP contribution in [0.2, 0.25) is 0 Å². The topological polar surface area (TPSA) is 80.3 Å². The molecule has 2 aromatic carbocycles. The number of benzene rings is 2.